The van der Waals surface area contributed by atoms with Crippen LogP contribution in [0.3, 0.4) is 0 Å². The van der Waals surface area contributed by atoms with Crippen molar-refractivity contribution in [3.63, 3.8) is 0 Å². The van der Waals surface area contributed by atoms with Crippen LogP contribution < -0.4 is 11.3 Å². The summed E-state index contributed by atoms with van der Waals surface area (Å²) >= 11 is 0. The second kappa shape index (κ2) is 5.19. The van der Waals surface area contributed by atoms with Crippen molar-refractivity contribution in [3.05, 3.63) is 58.5 Å². The molecule has 1 aromatic carbocycles. The quantitative estimate of drug-likeness (QED) is 0.653. The lowest BCUT2D eigenvalue weighted by Gasteiger charge is -2.16. The van der Waals surface area contributed by atoms with Gasteiger partial charge < -0.3 is 4.42 Å². The molecule has 0 radical (unpaired) electrons. The van der Waals surface area contributed by atoms with Gasteiger partial charge in [-0.3, -0.25) is 11.3 Å². The van der Waals surface area contributed by atoms with Crippen LogP contribution in [0.4, 0.5) is 0 Å². The van der Waals surface area contributed by atoms with E-state index in [1.807, 2.05) is 13.0 Å². The molecule has 1 aliphatic rings. The number of nitrogens with one attached hydrogen (secondary N) is 1. The maximum Gasteiger partial charge on any atom is 0.105 e. The summed E-state index contributed by atoms with van der Waals surface area (Å²) in [5, 5.41) is 0. The normalized spacial score (nSPS) is 15.5. The summed E-state index contributed by atoms with van der Waals surface area (Å²) < 4.78 is 5.36. The Balaban J connectivity index is 1.81. The van der Waals surface area contributed by atoms with E-state index in [-0.39, 0.29) is 6.04 Å². The number of hydrogen-bond donors (Lipinski definition) is 2. The van der Waals surface area contributed by atoms with Crippen LogP contribution in [-0.2, 0) is 19.3 Å². The monoisotopic (exact) mass is 256 g/mol. The summed E-state index contributed by atoms with van der Waals surface area (Å²) in [6.07, 6.45) is 6.35. The van der Waals surface area contributed by atoms with E-state index in [0.29, 0.717) is 0 Å². The Hall–Kier alpha value is -1.58. The maximum absolute atomic E-state index is 5.70. The Morgan fingerprint density at radius 2 is 2.11 bits per heavy atom. The zero-order chi connectivity index (χ0) is 13.2. The lowest BCUT2D eigenvalue weighted by molar-refractivity contribution is 0.502. The van der Waals surface area contributed by atoms with Gasteiger partial charge in [0.25, 0.3) is 0 Å². The average molecular weight is 256 g/mol. The fourth-order valence-corrected chi connectivity index (χ4v) is 3.00. The Morgan fingerprint density at radius 3 is 2.84 bits per heavy atom. The first-order valence-electron chi connectivity index (χ1n) is 6.88. The van der Waals surface area contributed by atoms with Crippen LogP contribution in [0, 0.1) is 6.92 Å². The summed E-state index contributed by atoms with van der Waals surface area (Å²) in [6, 6.07) is 8.94. The zero-order valence-corrected chi connectivity index (χ0v) is 11.3. The molecule has 3 nitrogen and oxygen atoms in total. The van der Waals surface area contributed by atoms with Crippen molar-refractivity contribution in [3.8, 4) is 0 Å². The minimum atomic E-state index is 0.109. The molecule has 0 spiro atoms. The van der Waals surface area contributed by atoms with E-state index in [0.717, 1.165) is 17.7 Å². The number of nitrogens with two attached hydrogens (primary N) is 1. The molecule has 0 saturated carbocycles. The number of fused-ring (bicyclic) bond motifs is 1. The molecule has 3 N–H and O–H groups in total. The first-order chi connectivity index (χ1) is 9.28. The molecule has 1 aliphatic carbocycles. The van der Waals surface area contributed by atoms with E-state index in [2.05, 4.69) is 23.6 Å². The lowest BCUT2D eigenvalue weighted by atomic mass is 9.97. The number of hydrazine groups is 1. The second-order valence-corrected chi connectivity index (χ2v) is 5.31. The highest BCUT2D eigenvalue weighted by atomic mass is 16.3. The molecule has 3 rings (SSSR count). The van der Waals surface area contributed by atoms with Crippen molar-refractivity contribution >= 4 is 0 Å². The fraction of sp³-hybridized carbons (Fsp3) is 0.375. The van der Waals surface area contributed by atoms with Crippen LogP contribution in [0.5, 0.6) is 0 Å². The number of aryl methyl sites for hydroxylation is 3. The van der Waals surface area contributed by atoms with Gasteiger partial charge in [0, 0.05) is 5.56 Å². The molecule has 0 amide bonds. The second-order valence-electron chi connectivity index (χ2n) is 5.31. The van der Waals surface area contributed by atoms with Crippen molar-refractivity contribution in [2.75, 3.05) is 0 Å². The van der Waals surface area contributed by atoms with Crippen LogP contribution in [0.25, 0.3) is 0 Å². The number of furan rings is 1. The summed E-state index contributed by atoms with van der Waals surface area (Å²) in [4.78, 5) is 0. The average Bonchev–Trinajstić information content (AvgIpc) is 3.04. The molecular weight excluding hydrogens is 236 g/mol. The van der Waals surface area contributed by atoms with Crippen molar-refractivity contribution in [2.24, 2.45) is 5.84 Å². The van der Waals surface area contributed by atoms with Crippen LogP contribution in [0.1, 0.15) is 40.5 Å². The summed E-state index contributed by atoms with van der Waals surface area (Å²) in [5.41, 5.74) is 8.41. The first-order valence-corrected chi connectivity index (χ1v) is 6.88. The van der Waals surface area contributed by atoms with Gasteiger partial charge in [-0.2, -0.15) is 0 Å². The van der Waals surface area contributed by atoms with Gasteiger partial charge in [0.1, 0.15) is 5.76 Å². The van der Waals surface area contributed by atoms with Crippen molar-refractivity contribution in [2.45, 2.75) is 38.6 Å². The molecular formula is C16H20N2O. The van der Waals surface area contributed by atoms with Crippen molar-refractivity contribution in [1.29, 1.82) is 0 Å². The molecule has 3 heteroatoms. The molecule has 2 aromatic rings. The molecule has 0 aliphatic heterocycles. The zero-order valence-electron chi connectivity index (χ0n) is 11.3. The third kappa shape index (κ3) is 2.44. The molecule has 1 atom stereocenters. The molecule has 1 aromatic heterocycles. The van der Waals surface area contributed by atoms with E-state index in [9.17, 15) is 0 Å². The van der Waals surface area contributed by atoms with E-state index >= 15 is 0 Å². The SMILES string of the molecule is Cc1occc1C(Cc1ccc2c(c1)CCC2)NN. The van der Waals surface area contributed by atoms with Gasteiger partial charge in [-0.1, -0.05) is 18.2 Å². The third-order valence-corrected chi connectivity index (χ3v) is 4.08. The summed E-state index contributed by atoms with van der Waals surface area (Å²) in [6.45, 7) is 1.97. The Morgan fingerprint density at radius 1 is 1.26 bits per heavy atom. The van der Waals surface area contributed by atoms with Gasteiger partial charge in [-0.25, -0.2) is 0 Å². The highest BCUT2D eigenvalue weighted by Crippen LogP contribution is 2.26. The Kier molecular flexibility index (Phi) is 3.40. The van der Waals surface area contributed by atoms with Gasteiger partial charge in [0.2, 0.25) is 0 Å². The minimum Gasteiger partial charge on any atom is -0.469 e. The van der Waals surface area contributed by atoms with Gasteiger partial charge in [0.15, 0.2) is 0 Å². The van der Waals surface area contributed by atoms with Crippen LogP contribution in [-0.4, -0.2) is 0 Å². The largest absolute Gasteiger partial charge is 0.469 e. The summed E-state index contributed by atoms with van der Waals surface area (Å²) in [5.74, 6) is 6.64. The molecule has 0 saturated heterocycles. The van der Waals surface area contributed by atoms with E-state index in [1.54, 1.807) is 6.26 Å². The molecule has 100 valence electrons. The first kappa shape index (κ1) is 12.5. The molecule has 1 unspecified atom stereocenters. The number of rotatable bonds is 4. The summed E-state index contributed by atoms with van der Waals surface area (Å²) in [7, 11) is 0. The molecule has 0 fully saturated rings. The molecule has 1 heterocycles. The van der Waals surface area contributed by atoms with E-state index < -0.39 is 0 Å². The minimum absolute atomic E-state index is 0.109. The molecule has 0 bridgehead atoms. The van der Waals surface area contributed by atoms with Crippen molar-refractivity contribution in [1.82, 2.24) is 5.43 Å². The number of benzene rings is 1. The van der Waals surface area contributed by atoms with Crippen LogP contribution in [0.15, 0.2) is 34.9 Å². The van der Waals surface area contributed by atoms with Gasteiger partial charge in [-0.15, -0.1) is 0 Å². The van der Waals surface area contributed by atoms with Crippen molar-refractivity contribution < 1.29 is 4.42 Å². The predicted molar refractivity (Wildman–Crippen MR) is 75.7 cm³/mol. The third-order valence-electron chi connectivity index (χ3n) is 4.08. The smallest absolute Gasteiger partial charge is 0.105 e. The van der Waals surface area contributed by atoms with Crippen LogP contribution in [0.2, 0.25) is 0 Å². The van der Waals surface area contributed by atoms with Gasteiger partial charge in [-0.05, 0) is 55.4 Å². The Bertz CT molecular complexity index is 574. The highest BCUT2D eigenvalue weighted by Gasteiger charge is 2.17. The molecule has 19 heavy (non-hydrogen) atoms. The predicted octanol–water partition coefficient (Wildman–Crippen LogP) is 2.82. The number of hydrogen-bond acceptors (Lipinski definition) is 3. The highest BCUT2D eigenvalue weighted by molar-refractivity contribution is 5.36. The fourth-order valence-electron chi connectivity index (χ4n) is 3.00. The topological polar surface area (TPSA) is 51.2 Å². The van der Waals surface area contributed by atoms with Crippen LogP contribution >= 0.6 is 0 Å². The Labute approximate surface area is 113 Å². The van der Waals surface area contributed by atoms with E-state index in [4.69, 9.17) is 10.3 Å². The van der Waals surface area contributed by atoms with Gasteiger partial charge >= 0.3 is 0 Å². The maximum atomic E-state index is 5.70. The lowest BCUT2D eigenvalue weighted by Crippen LogP contribution is -2.29. The standard InChI is InChI=1S/C16H20N2O/c1-11-15(7-8-19-11)16(18-17)10-12-5-6-13-3-2-4-14(13)9-12/h5-9,16,18H,2-4,10,17H2,1H3. The van der Waals surface area contributed by atoms with E-state index in [1.165, 1.54) is 36.0 Å². The van der Waals surface area contributed by atoms with Gasteiger partial charge in [0.05, 0.1) is 12.3 Å².